The molecule has 0 bridgehead atoms. The van der Waals surface area contributed by atoms with Crippen LogP contribution >= 0.6 is 0 Å². The van der Waals surface area contributed by atoms with Crippen LogP contribution in [0.2, 0.25) is 0 Å². The first-order valence-corrected chi connectivity index (χ1v) is 7.06. The smallest absolute Gasteiger partial charge is 0.251 e. The van der Waals surface area contributed by atoms with Crippen molar-refractivity contribution >= 4 is 5.91 Å². The van der Waals surface area contributed by atoms with Crippen LogP contribution < -0.4 is 20.3 Å². The van der Waals surface area contributed by atoms with Gasteiger partial charge >= 0.3 is 0 Å². The van der Waals surface area contributed by atoms with Gasteiger partial charge in [-0.15, -0.1) is 0 Å². The van der Waals surface area contributed by atoms with Crippen LogP contribution in [0.3, 0.4) is 0 Å². The minimum atomic E-state index is -0.254. The monoisotopic (exact) mass is 317 g/mol. The van der Waals surface area contributed by atoms with Crippen molar-refractivity contribution in [1.82, 2.24) is 15.3 Å². The number of benzene rings is 1. The second kappa shape index (κ2) is 7.44. The Balaban J connectivity index is 2.22. The lowest BCUT2D eigenvalue weighted by Crippen LogP contribution is -2.22. The van der Waals surface area contributed by atoms with E-state index < -0.39 is 0 Å². The molecule has 23 heavy (non-hydrogen) atoms. The van der Waals surface area contributed by atoms with Gasteiger partial charge in [0.15, 0.2) is 11.5 Å². The summed E-state index contributed by atoms with van der Waals surface area (Å²) in [7, 11) is 3.14. The molecule has 1 aromatic heterocycles. The van der Waals surface area contributed by atoms with Gasteiger partial charge < -0.3 is 19.8 Å². The summed E-state index contributed by atoms with van der Waals surface area (Å²) in [6.07, 6.45) is 0.434. The molecular formula is C16H19N3O4. The lowest BCUT2D eigenvalue weighted by molar-refractivity contribution is -0.119. The third-order valence-electron chi connectivity index (χ3n) is 3.18. The van der Waals surface area contributed by atoms with Gasteiger partial charge in [-0.25, -0.2) is 4.98 Å². The number of hydrogen-bond acceptors (Lipinski definition) is 5. The Kier molecular flexibility index (Phi) is 5.35. The van der Waals surface area contributed by atoms with Gasteiger partial charge in [0.25, 0.3) is 5.56 Å². The van der Waals surface area contributed by atoms with E-state index >= 15 is 0 Å². The van der Waals surface area contributed by atoms with E-state index in [1.165, 1.54) is 13.0 Å². The molecule has 122 valence electrons. The Morgan fingerprint density at radius 3 is 2.61 bits per heavy atom. The third kappa shape index (κ3) is 4.57. The van der Waals surface area contributed by atoms with Crippen molar-refractivity contribution in [2.24, 2.45) is 0 Å². The zero-order chi connectivity index (χ0) is 16.8. The van der Waals surface area contributed by atoms with Crippen molar-refractivity contribution in [3.05, 3.63) is 51.7 Å². The van der Waals surface area contributed by atoms with Gasteiger partial charge in [0.2, 0.25) is 5.91 Å². The highest BCUT2D eigenvalue weighted by atomic mass is 16.5. The zero-order valence-corrected chi connectivity index (χ0v) is 13.3. The fourth-order valence-electron chi connectivity index (χ4n) is 2.14. The highest BCUT2D eigenvalue weighted by Gasteiger charge is 2.08. The normalized spacial score (nSPS) is 10.2. The SMILES string of the molecule is COc1ccc(Cc2nc(CNC(C)=O)cc(=O)[nH]2)cc1OC. The van der Waals surface area contributed by atoms with Crippen LogP contribution in [-0.2, 0) is 17.8 Å². The lowest BCUT2D eigenvalue weighted by atomic mass is 10.1. The maximum atomic E-state index is 11.7. The molecule has 0 spiro atoms. The third-order valence-corrected chi connectivity index (χ3v) is 3.18. The van der Waals surface area contributed by atoms with E-state index in [1.807, 2.05) is 12.1 Å². The molecule has 2 rings (SSSR count). The van der Waals surface area contributed by atoms with Gasteiger partial charge in [0.05, 0.1) is 26.5 Å². The fraction of sp³-hybridized carbons (Fsp3) is 0.312. The van der Waals surface area contributed by atoms with Crippen LogP contribution in [0.5, 0.6) is 11.5 Å². The Bertz CT molecular complexity index is 755. The molecule has 0 saturated heterocycles. The highest BCUT2D eigenvalue weighted by Crippen LogP contribution is 2.28. The van der Waals surface area contributed by atoms with Crippen molar-refractivity contribution in [3.63, 3.8) is 0 Å². The van der Waals surface area contributed by atoms with Gasteiger partial charge in [-0.1, -0.05) is 6.07 Å². The summed E-state index contributed by atoms with van der Waals surface area (Å²) in [6, 6.07) is 6.88. The van der Waals surface area contributed by atoms with Crippen molar-refractivity contribution in [2.45, 2.75) is 19.9 Å². The summed E-state index contributed by atoms with van der Waals surface area (Å²) >= 11 is 0. The van der Waals surface area contributed by atoms with Gasteiger partial charge in [0, 0.05) is 19.4 Å². The molecule has 2 N–H and O–H groups in total. The number of H-pyrrole nitrogens is 1. The number of carbonyl (C=O) groups excluding carboxylic acids is 1. The molecule has 7 nitrogen and oxygen atoms in total. The fourth-order valence-corrected chi connectivity index (χ4v) is 2.14. The summed E-state index contributed by atoms with van der Waals surface area (Å²) in [5.74, 6) is 1.59. The Morgan fingerprint density at radius 2 is 1.96 bits per heavy atom. The van der Waals surface area contributed by atoms with E-state index in [0.717, 1.165) is 5.56 Å². The van der Waals surface area contributed by atoms with Gasteiger partial charge in [-0.2, -0.15) is 0 Å². The molecule has 0 atom stereocenters. The van der Waals surface area contributed by atoms with Crippen molar-refractivity contribution in [1.29, 1.82) is 0 Å². The number of methoxy groups -OCH3 is 2. The molecular weight excluding hydrogens is 298 g/mol. The van der Waals surface area contributed by atoms with Gasteiger partial charge in [-0.3, -0.25) is 9.59 Å². The van der Waals surface area contributed by atoms with E-state index in [1.54, 1.807) is 20.3 Å². The number of nitrogens with one attached hydrogen (secondary N) is 2. The van der Waals surface area contributed by atoms with Gasteiger partial charge in [0.1, 0.15) is 5.82 Å². The Hall–Kier alpha value is -2.83. The number of aromatic nitrogens is 2. The number of nitrogens with zero attached hydrogens (tertiary/aromatic N) is 1. The first-order chi connectivity index (χ1) is 11.0. The van der Waals surface area contributed by atoms with Crippen molar-refractivity contribution in [2.75, 3.05) is 14.2 Å². The maximum Gasteiger partial charge on any atom is 0.251 e. The average Bonchev–Trinajstić information content (AvgIpc) is 2.52. The maximum absolute atomic E-state index is 11.7. The van der Waals surface area contributed by atoms with E-state index in [-0.39, 0.29) is 18.0 Å². The lowest BCUT2D eigenvalue weighted by Gasteiger charge is -2.10. The van der Waals surface area contributed by atoms with E-state index in [9.17, 15) is 9.59 Å². The minimum Gasteiger partial charge on any atom is -0.493 e. The number of hydrogen-bond donors (Lipinski definition) is 2. The van der Waals surface area contributed by atoms with Crippen LogP contribution in [0.1, 0.15) is 24.0 Å². The standard InChI is InChI=1S/C16H19N3O4/c1-10(20)17-9-12-8-16(21)19-15(18-12)7-11-4-5-13(22-2)14(6-11)23-3/h4-6,8H,7,9H2,1-3H3,(H,17,20)(H,18,19,21). The number of amides is 1. The summed E-state index contributed by atoms with van der Waals surface area (Å²) in [4.78, 5) is 29.7. The molecule has 0 radical (unpaired) electrons. The molecule has 0 aliphatic heterocycles. The molecule has 0 aliphatic carbocycles. The highest BCUT2D eigenvalue weighted by molar-refractivity contribution is 5.72. The summed E-state index contributed by atoms with van der Waals surface area (Å²) < 4.78 is 10.5. The average molecular weight is 317 g/mol. The topological polar surface area (TPSA) is 93.3 Å². The summed E-state index contributed by atoms with van der Waals surface area (Å²) in [5, 5.41) is 2.62. The zero-order valence-electron chi connectivity index (χ0n) is 13.3. The molecule has 0 saturated carbocycles. The second-order valence-electron chi connectivity index (χ2n) is 4.96. The molecule has 7 heteroatoms. The minimum absolute atomic E-state index is 0.173. The second-order valence-corrected chi connectivity index (χ2v) is 4.96. The Labute approximate surface area is 133 Å². The number of ether oxygens (including phenoxy) is 2. The molecule has 1 amide bonds. The van der Waals surface area contributed by atoms with Crippen LogP contribution in [-0.4, -0.2) is 30.1 Å². The van der Waals surface area contributed by atoms with Crippen LogP contribution in [0.25, 0.3) is 0 Å². The number of rotatable bonds is 6. The quantitative estimate of drug-likeness (QED) is 0.829. The van der Waals surface area contributed by atoms with E-state index in [2.05, 4.69) is 15.3 Å². The van der Waals surface area contributed by atoms with Crippen LogP contribution in [0.4, 0.5) is 0 Å². The molecule has 1 aromatic carbocycles. The molecule has 2 aromatic rings. The molecule has 1 heterocycles. The molecule has 0 aliphatic rings. The van der Waals surface area contributed by atoms with Crippen LogP contribution in [0, 0.1) is 0 Å². The number of carbonyl (C=O) groups is 1. The van der Waals surface area contributed by atoms with Crippen molar-refractivity contribution < 1.29 is 14.3 Å². The van der Waals surface area contributed by atoms with Crippen molar-refractivity contribution in [3.8, 4) is 11.5 Å². The largest absolute Gasteiger partial charge is 0.493 e. The number of aromatic amines is 1. The van der Waals surface area contributed by atoms with E-state index in [0.29, 0.717) is 29.4 Å². The molecule has 0 fully saturated rings. The predicted octanol–water partition coefficient (Wildman–Crippen LogP) is 1.01. The van der Waals surface area contributed by atoms with Gasteiger partial charge in [-0.05, 0) is 17.7 Å². The summed E-state index contributed by atoms with van der Waals surface area (Å²) in [5.41, 5.74) is 1.18. The van der Waals surface area contributed by atoms with E-state index in [4.69, 9.17) is 9.47 Å². The Morgan fingerprint density at radius 1 is 1.22 bits per heavy atom. The molecule has 0 unspecified atom stereocenters. The first kappa shape index (κ1) is 16.5. The summed E-state index contributed by atoms with van der Waals surface area (Å²) in [6.45, 7) is 1.63. The first-order valence-electron chi connectivity index (χ1n) is 7.06. The predicted molar refractivity (Wildman–Crippen MR) is 84.7 cm³/mol. The van der Waals surface area contributed by atoms with Crippen LogP contribution in [0.15, 0.2) is 29.1 Å².